The maximum Gasteiger partial charge on any atom is 0.301 e. The molecule has 0 bridgehead atoms. The quantitative estimate of drug-likeness (QED) is 0.198. The van der Waals surface area contributed by atoms with E-state index in [-0.39, 0.29) is 32.7 Å². The van der Waals surface area contributed by atoms with E-state index in [4.69, 9.17) is 32.7 Å². The molecule has 3 heterocycles. The Morgan fingerprint density at radius 2 is 1.83 bits per heavy atom. The molecule has 0 radical (unpaired) electrons. The third-order valence-corrected chi connectivity index (χ3v) is 7.39. The number of ether oxygens (including phenoxy) is 2. The average Bonchev–Trinajstić information content (AvgIpc) is 3.42. The van der Waals surface area contributed by atoms with Crippen LogP contribution in [0.1, 0.15) is 17.2 Å². The van der Waals surface area contributed by atoms with Crippen LogP contribution >= 0.6 is 34.5 Å². The first-order chi connectivity index (χ1) is 17.4. The van der Waals surface area contributed by atoms with Crippen molar-refractivity contribution in [2.45, 2.75) is 6.04 Å². The lowest BCUT2D eigenvalue weighted by molar-refractivity contribution is -0.132. The number of fused-ring (bicyclic) bond motifs is 1. The molecule has 2 aromatic carbocycles. The largest absolute Gasteiger partial charge is 0.507 e. The van der Waals surface area contributed by atoms with E-state index in [2.05, 4.69) is 9.97 Å². The molecule has 0 aliphatic carbocycles. The number of benzene rings is 2. The van der Waals surface area contributed by atoms with Gasteiger partial charge in [-0.3, -0.25) is 19.5 Å². The third-order valence-electron chi connectivity index (χ3n) is 5.73. The lowest BCUT2D eigenvalue weighted by Gasteiger charge is -2.23. The summed E-state index contributed by atoms with van der Waals surface area (Å²) in [4.78, 5) is 36.8. The normalized spacial score (nSPS) is 17.1. The number of ketones is 1. The first-order valence-electron chi connectivity index (χ1n) is 10.5. The van der Waals surface area contributed by atoms with E-state index in [0.717, 1.165) is 4.70 Å². The van der Waals surface area contributed by atoms with Crippen molar-refractivity contribution in [2.24, 2.45) is 0 Å². The Morgan fingerprint density at radius 3 is 2.50 bits per heavy atom. The number of hydrogen-bond acceptors (Lipinski definition) is 8. The summed E-state index contributed by atoms with van der Waals surface area (Å²) in [6, 6.07) is 11.1. The molecule has 1 fully saturated rings. The molecule has 0 saturated carbocycles. The number of carbonyl (C=O) groups is 2. The molecule has 1 atom stereocenters. The highest BCUT2D eigenvalue weighted by molar-refractivity contribution is 7.22. The fourth-order valence-corrected chi connectivity index (χ4v) is 5.82. The van der Waals surface area contributed by atoms with Crippen molar-refractivity contribution < 1.29 is 24.2 Å². The van der Waals surface area contributed by atoms with E-state index in [0.29, 0.717) is 16.2 Å². The summed E-state index contributed by atoms with van der Waals surface area (Å²) < 4.78 is 11.5. The minimum absolute atomic E-state index is 0.00683. The van der Waals surface area contributed by atoms with Gasteiger partial charge in [0.1, 0.15) is 10.8 Å². The van der Waals surface area contributed by atoms with Crippen LogP contribution in [0.2, 0.25) is 10.0 Å². The molecular weight excluding hydrogens is 525 g/mol. The number of halogens is 2. The molecule has 1 aliphatic heterocycles. The maximum atomic E-state index is 13.4. The highest BCUT2D eigenvalue weighted by Crippen LogP contribution is 2.48. The number of hydrogen-bond donors (Lipinski definition) is 1. The highest BCUT2D eigenvalue weighted by atomic mass is 35.5. The van der Waals surface area contributed by atoms with Gasteiger partial charge >= 0.3 is 5.91 Å². The number of amides is 1. The number of aliphatic hydroxyl groups is 1. The fraction of sp³-hybridized carbons (Fsp3) is 0.120. The van der Waals surface area contributed by atoms with Crippen LogP contribution in [-0.4, -0.2) is 41.0 Å². The molecule has 182 valence electrons. The summed E-state index contributed by atoms with van der Waals surface area (Å²) >= 11 is 14.0. The summed E-state index contributed by atoms with van der Waals surface area (Å²) in [6.07, 6.45) is 3.09. The van der Waals surface area contributed by atoms with E-state index in [1.54, 1.807) is 18.3 Å². The van der Waals surface area contributed by atoms with Crippen molar-refractivity contribution >= 4 is 67.3 Å². The summed E-state index contributed by atoms with van der Waals surface area (Å²) in [5.74, 6) is -2.06. The lowest BCUT2D eigenvalue weighted by atomic mass is 9.96. The third kappa shape index (κ3) is 3.76. The molecule has 11 heteroatoms. The van der Waals surface area contributed by atoms with Crippen LogP contribution in [-0.2, 0) is 9.59 Å². The predicted octanol–water partition coefficient (Wildman–Crippen LogP) is 5.64. The van der Waals surface area contributed by atoms with Crippen molar-refractivity contribution in [1.82, 2.24) is 9.97 Å². The maximum absolute atomic E-state index is 13.4. The Bertz CT molecular complexity index is 1520. The number of rotatable bonds is 5. The molecular formula is C25H17Cl2N3O5S. The van der Waals surface area contributed by atoms with E-state index in [1.165, 1.54) is 42.7 Å². The summed E-state index contributed by atoms with van der Waals surface area (Å²) in [6.45, 7) is 0. The van der Waals surface area contributed by atoms with Crippen LogP contribution in [0.5, 0.6) is 11.5 Å². The molecule has 4 aromatic rings. The van der Waals surface area contributed by atoms with Gasteiger partial charge in [-0.2, -0.15) is 0 Å². The Labute approximate surface area is 219 Å². The number of carbonyl (C=O) groups excluding carboxylic acids is 2. The number of methoxy groups -OCH3 is 2. The number of nitrogens with zero attached hydrogens (tertiary/aromatic N) is 3. The predicted molar refractivity (Wildman–Crippen MR) is 138 cm³/mol. The average molecular weight is 542 g/mol. The first-order valence-corrected chi connectivity index (χ1v) is 12.1. The van der Waals surface area contributed by atoms with Crippen LogP contribution < -0.4 is 14.4 Å². The monoisotopic (exact) mass is 541 g/mol. The van der Waals surface area contributed by atoms with Gasteiger partial charge in [-0.25, -0.2) is 4.98 Å². The Morgan fingerprint density at radius 1 is 1.08 bits per heavy atom. The molecule has 1 unspecified atom stereocenters. The molecule has 0 spiro atoms. The molecule has 2 aromatic heterocycles. The van der Waals surface area contributed by atoms with Gasteiger partial charge in [-0.05, 0) is 29.8 Å². The zero-order valence-corrected chi connectivity index (χ0v) is 21.2. The van der Waals surface area contributed by atoms with E-state index in [9.17, 15) is 14.7 Å². The smallest absolute Gasteiger partial charge is 0.301 e. The zero-order chi connectivity index (χ0) is 25.6. The minimum atomic E-state index is -1.01. The Hall–Kier alpha value is -3.66. The van der Waals surface area contributed by atoms with Crippen LogP contribution in [0.3, 0.4) is 0 Å². The van der Waals surface area contributed by atoms with Crippen molar-refractivity contribution in [3.8, 4) is 11.5 Å². The van der Waals surface area contributed by atoms with E-state index in [1.807, 2.05) is 24.3 Å². The second-order valence-corrected chi connectivity index (χ2v) is 9.50. The van der Waals surface area contributed by atoms with Gasteiger partial charge < -0.3 is 14.6 Å². The number of thiazole rings is 1. The Balaban J connectivity index is 1.77. The summed E-state index contributed by atoms with van der Waals surface area (Å²) in [5, 5.41) is 11.9. The SMILES string of the molecule is COc1c(Cl)cc(/C(O)=C2\C(=O)C(=O)N(c3nc4ccccc4s3)C2c2cccnc2)c(OC)c1Cl. The van der Waals surface area contributed by atoms with Crippen molar-refractivity contribution in [2.75, 3.05) is 19.1 Å². The molecule has 1 amide bonds. The van der Waals surface area contributed by atoms with E-state index >= 15 is 0 Å². The van der Waals surface area contributed by atoms with Crippen molar-refractivity contribution in [1.29, 1.82) is 0 Å². The van der Waals surface area contributed by atoms with E-state index < -0.39 is 23.5 Å². The van der Waals surface area contributed by atoms with Crippen LogP contribution in [0.15, 0.2) is 60.4 Å². The van der Waals surface area contributed by atoms with Gasteiger partial charge in [0.25, 0.3) is 5.78 Å². The topological polar surface area (TPSA) is 102 Å². The zero-order valence-electron chi connectivity index (χ0n) is 18.9. The number of para-hydroxylation sites is 1. The van der Waals surface area contributed by atoms with Gasteiger partial charge in [-0.1, -0.05) is 52.7 Å². The number of Topliss-reactive ketones (excluding diaryl/α,β-unsaturated/α-hetero) is 1. The van der Waals surface area contributed by atoms with Gasteiger partial charge in [0.15, 0.2) is 16.6 Å². The molecule has 8 nitrogen and oxygen atoms in total. The second kappa shape index (κ2) is 9.42. The number of aliphatic hydroxyl groups excluding tert-OH is 1. The minimum Gasteiger partial charge on any atom is -0.507 e. The fourth-order valence-electron chi connectivity index (χ4n) is 4.14. The van der Waals surface area contributed by atoms with Gasteiger partial charge in [0.2, 0.25) is 0 Å². The van der Waals surface area contributed by atoms with Gasteiger partial charge in [-0.15, -0.1) is 0 Å². The Kier molecular flexibility index (Phi) is 6.29. The summed E-state index contributed by atoms with van der Waals surface area (Å²) in [7, 11) is 2.74. The standard InChI is InChI=1S/C25H17Cl2N3O5S/c1-34-22-13(10-14(26)23(35-2)18(22)27)20(31)17-19(12-6-5-9-28-11-12)30(24(33)21(17)32)25-29-15-7-3-4-8-16(15)36-25/h3-11,19,31H,1-2H3/b20-17+. The van der Waals surface area contributed by atoms with Crippen molar-refractivity contribution in [3.63, 3.8) is 0 Å². The molecule has 36 heavy (non-hydrogen) atoms. The number of pyridine rings is 1. The van der Waals surface area contributed by atoms with Crippen LogP contribution in [0.25, 0.3) is 16.0 Å². The van der Waals surface area contributed by atoms with Crippen molar-refractivity contribution in [3.05, 3.63) is 81.6 Å². The molecule has 5 rings (SSSR count). The van der Waals surface area contributed by atoms with Crippen LogP contribution in [0, 0.1) is 0 Å². The molecule has 1 saturated heterocycles. The van der Waals surface area contributed by atoms with Gasteiger partial charge in [0.05, 0.1) is 46.6 Å². The number of anilines is 1. The highest BCUT2D eigenvalue weighted by Gasteiger charge is 2.48. The van der Waals surface area contributed by atoms with Crippen LogP contribution in [0.4, 0.5) is 5.13 Å². The first kappa shape index (κ1) is 24.1. The second-order valence-electron chi connectivity index (χ2n) is 7.71. The van der Waals surface area contributed by atoms with Gasteiger partial charge in [0, 0.05) is 12.4 Å². The summed E-state index contributed by atoms with van der Waals surface area (Å²) in [5.41, 5.74) is 1.04. The molecule has 1 N–H and O–H groups in total. The lowest BCUT2D eigenvalue weighted by Crippen LogP contribution is -2.29. The number of aromatic nitrogens is 2. The molecule has 1 aliphatic rings.